The van der Waals surface area contributed by atoms with Gasteiger partial charge in [-0.3, -0.25) is 4.79 Å². The lowest BCUT2D eigenvalue weighted by Crippen LogP contribution is -2.34. The summed E-state index contributed by atoms with van der Waals surface area (Å²) >= 11 is 0. The van der Waals surface area contributed by atoms with Gasteiger partial charge in [-0.2, -0.15) is 10.5 Å². The first-order valence-electron chi connectivity index (χ1n) is 6.59. The maximum absolute atomic E-state index is 13.3. The Hall–Kier alpha value is -3.23. The van der Waals surface area contributed by atoms with E-state index in [9.17, 15) is 22.9 Å². The highest BCUT2D eigenvalue weighted by Crippen LogP contribution is 2.23. The van der Waals surface area contributed by atoms with Crippen molar-refractivity contribution in [1.29, 1.82) is 10.5 Å². The lowest BCUT2D eigenvalue weighted by atomic mass is 10.1. The van der Waals surface area contributed by atoms with Crippen molar-refractivity contribution < 1.29 is 17.6 Å². The van der Waals surface area contributed by atoms with Gasteiger partial charge >= 0.3 is 0 Å². The first-order valence-corrected chi connectivity index (χ1v) is 8.14. The molecule has 6 nitrogen and oxygen atoms in total. The second-order valence-electron chi connectivity index (χ2n) is 4.70. The van der Waals surface area contributed by atoms with E-state index in [0.717, 1.165) is 18.2 Å². The Balaban J connectivity index is 2.35. The van der Waals surface area contributed by atoms with Gasteiger partial charge in [0.25, 0.3) is 15.9 Å². The van der Waals surface area contributed by atoms with Crippen molar-refractivity contribution in [2.75, 3.05) is 0 Å². The van der Waals surface area contributed by atoms with Crippen LogP contribution in [0.3, 0.4) is 0 Å². The molecule has 0 fully saturated rings. The van der Waals surface area contributed by atoms with Gasteiger partial charge in [0, 0.05) is 5.56 Å². The Labute approximate surface area is 137 Å². The number of amides is 1. The number of rotatable bonds is 4. The minimum atomic E-state index is -4.40. The summed E-state index contributed by atoms with van der Waals surface area (Å²) in [5.41, 5.74) is -0.393. The van der Waals surface area contributed by atoms with Crippen molar-refractivity contribution in [2.24, 2.45) is 0 Å². The van der Waals surface area contributed by atoms with E-state index in [1.54, 1.807) is 30.3 Å². The van der Waals surface area contributed by atoms with Crippen LogP contribution in [0.5, 0.6) is 0 Å². The van der Waals surface area contributed by atoms with E-state index in [1.807, 2.05) is 4.72 Å². The lowest BCUT2D eigenvalue weighted by Gasteiger charge is -2.12. The average molecular weight is 343 g/mol. The number of nitrogens with zero attached hydrogens (tertiary/aromatic N) is 2. The summed E-state index contributed by atoms with van der Waals surface area (Å²) in [6.45, 7) is 0. The lowest BCUT2D eigenvalue weighted by molar-refractivity contribution is 0.0981. The van der Waals surface area contributed by atoms with Crippen molar-refractivity contribution in [1.82, 2.24) is 4.72 Å². The normalized spacial score (nSPS) is 11.8. The minimum absolute atomic E-state index is 0.106. The van der Waals surface area contributed by atoms with Crippen LogP contribution in [-0.2, 0) is 10.0 Å². The molecule has 0 spiro atoms. The molecule has 0 saturated carbocycles. The summed E-state index contributed by atoms with van der Waals surface area (Å²) < 4.78 is 39.7. The summed E-state index contributed by atoms with van der Waals surface area (Å²) in [5.74, 6) is -1.72. The molecular weight excluding hydrogens is 333 g/mol. The number of hydrogen-bond donors (Lipinski definition) is 1. The van der Waals surface area contributed by atoms with Crippen molar-refractivity contribution in [2.45, 2.75) is 5.25 Å². The summed E-state index contributed by atoms with van der Waals surface area (Å²) in [5, 5.41) is 16.2. The first-order chi connectivity index (χ1) is 11.4. The van der Waals surface area contributed by atoms with Crippen LogP contribution < -0.4 is 4.72 Å². The van der Waals surface area contributed by atoms with E-state index >= 15 is 0 Å². The van der Waals surface area contributed by atoms with Gasteiger partial charge in [-0.15, -0.1) is 0 Å². The highest BCUT2D eigenvalue weighted by molar-refractivity contribution is 7.90. The summed E-state index contributed by atoms with van der Waals surface area (Å²) in [6.07, 6.45) is 0. The van der Waals surface area contributed by atoms with Crippen molar-refractivity contribution in [3.8, 4) is 12.1 Å². The number of carbonyl (C=O) groups is 1. The number of halogens is 1. The molecule has 1 amide bonds. The monoisotopic (exact) mass is 343 g/mol. The fourth-order valence-electron chi connectivity index (χ4n) is 1.95. The van der Waals surface area contributed by atoms with Crippen LogP contribution in [0.25, 0.3) is 0 Å². The second-order valence-corrected chi connectivity index (χ2v) is 6.47. The molecule has 2 aromatic rings. The van der Waals surface area contributed by atoms with Crippen LogP contribution in [0.15, 0.2) is 48.5 Å². The van der Waals surface area contributed by atoms with Gasteiger partial charge in [0.05, 0.1) is 11.6 Å². The third kappa shape index (κ3) is 3.57. The Morgan fingerprint density at radius 1 is 1.12 bits per heavy atom. The van der Waals surface area contributed by atoms with Crippen LogP contribution >= 0.6 is 0 Å². The van der Waals surface area contributed by atoms with Crippen LogP contribution in [0.4, 0.5) is 4.39 Å². The highest BCUT2D eigenvalue weighted by Gasteiger charge is 2.30. The zero-order valence-electron chi connectivity index (χ0n) is 12.1. The summed E-state index contributed by atoms with van der Waals surface area (Å²) in [4.78, 5) is 12.0. The molecule has 2 rings (SSSR count). The molecule has 24 heavy (non-hydrogen) atoms. The second kappa shape index (κ2) is 6.90. The molecule has 0 radical (unpaired) electrons. The number of carbonyl (C=O) groups excluding carboxylic acids is 1. The largest absolute Gasteiger partial charge is 0.268 e. The maximum atomic E-state index is 13.3. The molecule has 8 heteroatoms. The van der Waals surface area contributed by atoms with Crippen LogP contribution in [-0.4, -0.2) is 14.3 Å². The van der Waals surface area contributed by atoms with Crippen molar-refractivity contribution >= 4 is 15.9 Å². The van der Waals surface area contributed by atoms with Crippen molar-refractivity contribution in [3.63, 3.8) is 0 Å². The molecule has 0 saturated heterocycles. The van der Waals surface area contributed by atoms with E-state index in [1.165, 1.54) is 12.1 Å². The molecule has 0 heterocycles. The van der Waals surface area contributed by atoms with E-state index in [4.69, 9.17) is 5.26 Å². The Morgan fingerprint density at radius 3 is 2.38 bits per heavy atom. The standard InChI is InChI=1S/C16H10FN3O3S/c17-14-7-6-12(8-13(14)9-18)15(10-19)24(22,23)20-16(21)11-4-2-1-3-5-11/h1-8,15H,(H,20,21). The summed E-state index contributed by atoms with van der Waals surface area (Å²) in [6, 6.07) is 13.7. The number of benzene rings is 2. The number of nitrogens with one attached hydrogen (secondary N) is 1. The molecule has 0 aromatic heterocycles. The predicted molar refractivity (Wildman–Crippen MR) is 82.3 cm³/mol. The SMILES string of the molecule is N#Cc1cc(C(C#N)S(=O)(=O)NC(=O)c2ccccc2)ccc1F. The Morgan fingerprint density at radius 2 is 1.79 bits per heavy atom. The molecule has 0 bridgehead atoms. The van der Waals surface area contributed by atoms with Gasteiger partial charge in [0.1, 0.15) is 11.9 Å². The van der Waals surface area contributed by atoms with Gasteiger partial charge in [0.15, 0.2) is 5.25 Å². The molecule has 0 aliphatic rings. The van der Waals surface area contributed by atoms with E-state index in [0.29, 0.717) is 0 Å². The third-order valence-corrected chi connectivity index (χ3v) is 4.58. The number of sulfonamides is 1. The molecule has 0 aliphatic heterocycles. The zero-order chi connectivity index (χ0) is 17.7. The molecule has 0 aliphatic carbocycles. The van der Waals surface area contributed by atoms with Gasteiger partial charge in [-0.25, -0.2) is 17.5 Å². The molecule has 1 atom stereocenters. The smallest absolute Gasteiger partial charge is 0.264 e. The zero-order valence-corrected chi connectivity index (χ0v) is 12.9. The molecule has 1 N–H and O–H groups in total. The third-order valence-electron chi connectivity index (χ3n) is 3.11. The van der Waals surface area contributed by atoms with E-state index in [-0.39, 0.29) is 11.1 Å². The van der Waals surface area contributed by atoms with Gasteiger partial charge in [-0.1, -0.05) is 24.3 Å². The highest BCUT2D eigenvalue weighted by atomic mass is 32.2. The fraction of sp³-hybridized carbons (Fsp3) is 0.0625. The molecule has 2 aromatic carbocycles. The Bertz CT molecular complexity index is 960. The quantitative estimate of drug-likeness (QED) is 0.913. The minimum Gasteiger partial charge on any atom is -0.268 e. The van der Waals surface area contributed by atoms with E-state index in [2.05, 4.69) is 0 Å². The van der Waals surface area contributed by atoms with Gasteiger partial charge < -0.3 is 0 Å². The van der Waals surface area contributed by atoms with Crippen LogP contribution in [0.2, 0.25) is 0 Å². The fourth-order valence-corrected chi connectivity index (χ4v) is 3.09. The molecule has 1 unspecified atom stereocenters. The topological polar surface area (TPSA) is 111 Å². The summed E-state index contributed by atoms with van der Waals surface area (Å²) in [7, 11) is -4.40. The predicted octanol–water partition coefficient (Wildman–Crippen LogP) is 2.02. The average Bonchev–Trinajstić information content (AvgIpc) is 2.57. The Kier molecular flexibility index (Phi) is 4.93. The van der Waals surface area contributed by atoms with Gasteiger partial charge in [0.2, 0.25) is 0 Å². The number of hydrogen-bond acceptors (Lipinski definition) is 5. The van der Waals surface area contributed by atoms with Crippen LogP contribution in [0, 0.1) is 28.5 Å². The maximum Gasteiger partial charge on any atom is 0.264 e. The first kappa shape index (κ1) is 17.1. The number of nitriles is 2. The molecular formula is C16H10FN3O3S. The van der Waals surface area contributed by atoms with E-state index < -0.39 is 32.6 Å². The van der Waals surface area contributed by atoms with Crippen molar-refractivity contribution in [3.05, 3.63) is 71.0 Å². The molecule has 120 valence electrons. The van der Waals surface area contributed by atoms with Crippen LogP contribution in [0.1, 0.15) is 26.7 Å². The van der Waals surface area contributed by atoms with Gasteiger partial charge in [-0.05, 0) is 29.8 Å².